The molecule has 0 amide bonds. The highest BCUT2D eigenvalue weighted by Crippen LogP contribution is 2.27. The summed E-state index contributed by atoms with van der Waals surface area (Å²) in [6.45, 7) is 2.43. The molecule has 0 spiro atoms. The normalized spacial score (nSPS) is 34.2. The van der Waals surface area contributed by atoms with Gasteiger partial charge in [-0.1, -0.05) is 0 Å². The minimum atomic E-state index is -2.16. The zero-order chi connectivity index (χ0) is 14.6. The summed E-state index contributed by atoms with van der Waals surface area (Å²) in [4.78, 5) is 28.3. The van der Waals surface area contributed by atoms with E-state index in [9.17, 15) is 0 Å². The maximum atomic E-state index is 8.92. The fraction of sp³-hybridized carbons (Fsp3) is 0.417. The minimum Gasteiger partial charge on any atom is -0.192 e. The molecule has 0 aromatic heterocycles. The highest BCUT2D eigenvalue weighted by molar-refractivity contribution is 5.19. The van der Waals surface area contributed by atoms with Gasteiger partial charge in [0.05, 0.1) is 0 Å². The Hall–Kier alpha value is -2.07. The molecule has 0 radical (unpaired) electrons. The lowest BCUT2D eigenvalue weighted by Crippen LogP contribution is -2.38. The lowest BCUT2D eigenvalue weighted by Gasteiger charge is -2.23. The van der Waals surface area contributed by atoms with Gasteiger partial charge in [-0.15, -0.1) is 19.3 Å². The van der Waals surface area contributed by atoms with Gasteiger partial charge in [0.1, 0.15) is 6.07 Å². The zero-order valence-electron chi connectivity index (χ0n) is 10.1. The highest BCUT2D eigenvalue weighted by Gasteiger charge is 2.44. The molecule has 1 aliphatic heterocycles. The van der Waals surface area contributed by atoms with Gasteiger partial charge in [-0.05, 0) is 17.8 Å². The van der Waals surface area contributed by atoms with E-state index in [1.807, 2.05) is 11.8 Å². The smallest absolute Gasteiger partial charge is 0.192 e. The molecule has 1 fully saturated rings. The van der Waals surface area contributed by atoms with E-state index in [1.165, 1.54) is 13.8 Å². The average Bonchev–Trinajstić information content (AvgIpc) is 2.50. The third-order valence-corrected chi connectivity index (χ3v) is 1.84. The summed E-state index contributed by atoms with van der Waals surface area (Å²) in [5.41, 5.74) is 0. The SMILES string of the molecule is C#CC1(C)OOC(C)(C#N)OOC(C#C)(C#C)OO1. The van der Waals surface area contributed by atoms with Crippen molar-refractivity contribution in [2.45, 2.75) is 31.2 Å². The quantitative estimate of drug-likeness (QED) is 0.462. The van der Waals surface area contributed by atoms with Crippen molar-refractivity contribution in [3.8, 4) is 43.1 Å². The summed E-state index contributed by atoms with van der Waals surface area (Å²) in [5.74, 6) is 0.0283. The van der Waals surface area contributed by atoms with E-state index < -0.39 is 17.4 Å². The van der Waals surface area contributed by atoms with Crippen molar-refractivity contribution in [3.05, 3.63) is 0 Å². The Morgan fingerprint density at radius 2 is 1.16 bits per heavy atom. The second-order valence-corrected chi connectivity index (χ2v) is 3.55. The molecule has 0 aromatic carbocycles. The molecule has 19 heavy (non-hydrogen) atoms. The van der Waals surface area contributed by atoms with Crippen LogP contribution in [0.3, 0.4) is 0 Å². The minimum absolute atomic E-state index is 1.17. The second kappa shape index (κ2) is 5.28. The Morgan fingerprint density at radius 3 is 1.58 bits per heavy atom. The van der Waals surface area contributed by atoms with Crippen molar-refractivity contribution in [1.29, 1.82) is 5.26 Å². The number of hydrogen-bond donors (Lipinski definition) is 0. The monoisotopic (exact) mass is 263 g/mol. The van der Waals surface area contributed by atoms with Gasteiger partial charge < -0.3 is 0 Å². The fourth-order valence-electron chi connectivity index (χ4n) is 0.700. The van der Waals surface area contributed by atoms with E-state index in [0.717, 1.165) is 0 Å². The first kappa shape index (κ1) is 15.0. The Bertz CT molecular complexity index is 470. The Balaban J connectivity index is 3.13. The van der Waals surface area contributed by atoms with E-state index in [-0.39, 0.29) is 0 Å². The van der Waals surface area contributed by atoms with Crippen LogP contribution in [0.2, 0.25) is 0 Å². The van der Waals surface area contributed by atoms with Gasteiger partial charge in [0.15, 0.2) is 0 Å². The van der Waals surface area contributed by atoms with Crippen LogP contribution in [0, 0.1) is 48.4 Å². The summed E-state index contributed by atoms with van der Waals surface area (Å²) in [7, 11) is 0. The number of hydrogen-bond acceptors (Lipinski definition) is 7. The lowest BCUT2D eigenvalue weighted by molar-refractivity contribution is -0.516. The van der Waals surface area contributed by atoms with Crippen molar-refractivity contribution in [2.75, 3.05) is 0 Å². The summed E-state index contributed by atoms with van der Waals surface area (Å²) in [6, 6.07) is 1.61. The second-order valence-electron chi connectivity index (χ2n) is 3.55. The molecule has 7 nitrogen and oxygen atoms in total. The zero-order valence-corrected chi connectivity index (χ0v) is 10.1. The van der Waals surface area contributed by atoms with Crippen molar-refractivity contribution >= 4 is 0 Å². The molecule has 0 aromatic rings. The van der Waals surface area contributed by atoms with Crippen LogP contribution in [0.4, 0.5) is 0 Å². The molecule has 1 saturated heterocycles. The van der Waals surface area contributed by atoms with E-state index in [2.05, 4.69) is 15.7 Å². The summed E-state index contributed by atoms with van der Waals surface area (Å²) >= 11 is 0. The summed E-state index contributed by atoms with van der Waals surface area (Å²) in [5, 5.41) is 8.92. The molecule has 98 valence electrons. The van der Waals surface area contributed by atoms with Crippen LogP contribution >= 0.6 is 0 Å². The molecule has 2 unspecified atom stereocenters. The standard InChI is InChI=1S/C12H9NO6/c1-6-10(4)14-16-11(5,9-13)17-19-12(7-2,8-3)18-15-10/h1-3H,4-5H3. The molecular formula is C12H9NO6. The fourth-order valence-corrected chi connectivity index (χ4v) is 0.700. The third-order valence-electron chi connectivity index (χ3n) is 1.84. The largest absolute Gasteiger partial charge is 0.355 e. The van der Waals surface area contributed by atoms with Gasteiger partial charge in [-0.25, -0.2) is 0 Å². The summed E-state index contributed by atoms with van der Waals surface area (Å²) in [6.07, 6.45) is 15.5. The maximum absolute atomic E-state index is 8.92. The molecule has 0 aliphatic carbocycles. The van der Waals surface area contributed by atoms with Crippen molar-refractivity contribution in [3.63, 3.8) is 0 Å². The lowest BCUT2D eigenvalue weighted by atomic mass is 10.3. The highest BCUT2D eigenvalue weighted by atomic mass is 17.4. The van der Waals surface area contributed by atoms with Crippen molar-refractivity contribution in [1.82, 2.24) is 0 Å². The molecule has 2 atom stereocenters. The van der Waals surface area contributed by atoms with Crippen LogP contribution in [-0.4, -0.2) is 17.4 Å². The van der Waals surface area contributed by atoms with Crippen LogP contribution in [0.25, 0.3) is 0 Å². The molecule has 1 heterocycles. The Labute approximate surface area is 110 Å². The molecular weight excluding hydrogens is 254 g/mol. The average molecular weight is 263 g/mol. The first-order valence-electron chi connectivity index (χ1n) is 4.81. The molecule has 0 N–H and O–H groups in total. The van der Waals surface area contributed by atoms with Crippen molar-refractivity contribution < 1.29 is 29.3 Å². The molecule has 1 rings (SSSR count). The molecule has 0 bridgehead atoms. The van der Waals surface area contributed by atoms with Crippen LogP contribution in [0.5, 0.6) is 0 Å². The molecule has 1 aliphatic rings. The number of terminal acetylenes is 3. The van der Waals surface area contributed by atoms with Crippen molar-refractivity contribution in [2.24, 2.45) is 0 Å². The first-order chi connectivity index (χ1) is 8.86. The van der Waals surface area contributed by atoms with Gasteiger partial charge >= 0.3 is 11.6 Å². The predicted molar refractivity (Wildman–Crippen MR) is 58.2 cm³/mol. The maximum Gasteiger partial charge on any atom is 0.355 e. The van der Waals surface area contributed by atoms with E-state index in [1.54, 1.807) is 6.07 Å². The molecule has 7 heteroatoms. The van der Waals surface area contributed by atoms with Gasteiger partial charge in [0, 0.05) is 13.8 Å². The third kappa shape index (κ3) is 3.23. The van der Waals surface area contributed by atoms with Crippen LogP contribution in [0.1, 0.15) is 13.8 Å². The number of nitriles is 1. The van der Waals surface area contributed by atoms with E-state index >= 15 is 0 Å². The van der Waals surface area contributed by atoms with Crippen LogP contribution in [0.15, 0.2) is 0 Å². The Kier molecular flexibility index (Phi) is 4.17. The Morgan fingerprint density at radius 1 is 0.737 bits per heavy atom. The van der Waals surface area contributed by atoms with Crippen LogP contribution in [-0.2, 0) is 29.3 Å². The number of nitrogens with zero attached hydrogens (tertiary/aromatic N) is 1. The topological polar surface area (TPSA) is 79.2 Å². The van der Waals surface area contributed by atoms with Gasteiger partial charge in [0.25, 0.3) is 5.79 Å². The van der Waals surface area contributed by atoms with E-state index in [4.69, 9.17) is 44.1 Å². The number of rotatable bonds is 0. The predicted octanol–water partition coefficient (Wildman–Crippen LogP) is 0.396. The van der Waals surface area contributed by atoms with Crippen LogP contribution < -0.4 is 0 Å². The van der Waals surface area contributed by atoms with E-state index in [0.29, 0.717) is 0 Å². The first-order valence-corrected chi connectivity index (χ1v) is 4.81. The molecule has 0 saturated carbocycles. The van der Waals surface area contributed by atoms with Gasteiger partial charge in [-0.3, -0.25) is 0 Å². The summed E-state index contributed by atoms with van der Waals surface area (Å²) < 4.78 is 0. The van der Waals surface area contributed by atoms with Gasteiger partial charge in [-0.2, -0.15) is 34.6 Å². The van der Waals surface area contributed by atoms with Gasteiger partial charge in [0.2, 0.25) is 0 Å².